The highest BCUT2D eigenvalue weighted by molar-refractivity contribution is 5.79. The number of carbonyl (C=O) groups is 3. The number of amides is 3. The molecule has 6 aromatic rings. The first-order chi connectivity index (χ1) is 40.1. The molecule has 3 heterocycles. The second-order valence-corrected chi connectivity index (χ2v) is 19.4. The van der Waals surface area contributed by atoms with E-state index >= 15 is 0 Å². The summed E-state index contributed by atoms with van der Waals surface area (Å²) < 4.78 is 150. The first kappa shape index (κ1) is 63.4. The van der Waals surface area contributed by atoms with E-state index in [2.05, 4.69) is 0 Å². The topological polar surface area (TPSA) is 177 Å². The molecule has 450 valence electrons. The van der Waals surface area contributed by atoms with Crippen molar-refractivity contribution in [1.29, 1.82) is 0 Å². The molecule has 6 aromatic carbocycles. The molecule has 3 aliphatic rings. The first-order valence-electron chi connectivity index (χ1n) is 26.4. The third-order valence-corrected chi connectivity index (χ3v) is 13.4. The number of aliphatic hydroxyl groups is 3. The standard InChI is InChI=1S/3C20H20F3NO4/c3*21-20(22,23)17-3-1-2-4-18(17)28-16-9-10-24(11-16)19(26)13-27-15-7-5-14(12-25)6-8-15/h3*1-8,16,25H,9-13H2/t2*16-;/m10./s1. The van der Waals surface area contributed by atoms with Gasteiger partial charge in [0.15, 0.2) is 19.8 Å². The van der Waals surface area contributed by atoms with Crippen LogP contribution in [0.5, 0.6) is 34.5 Å². The minimum Gasteiger partial charge on any atom is -0.488 e. The summed E-state index contributed by atoms with van der Waals surface area (Å²) in [5, 5.41) is 27.0. The van der Waals surface area contributed by atoms with Gasteiger partial charge in [-0.3, -0.25) is 14.4 Å². The molecule has 0 aromatic heterocycles. The molecular formula is C60H60F9N3O12. The molecule has 24 heteroatoms. The minimum atomic E-state index is -4.50. The van der Waals surface area contributed by atoms with Crippen LogP contribution in [0.1, 0.15) is 52.6 Å². The Bertz CT molecular complexity index is 2750. The van der Waals surface area contributed by atoms with E-state index in [4.69, 9.17) is 43.7 Å². The van der Waals surface area contributed by atoms with Gasteiger partial charge >= 0.3 is 18.5 Å². The van der Waals surface area contributed by atoms with Gasteiger partial charge in [0.25, 0.3) is 17.7 Å². The molecule has 0 saturated carbocycles. The molecular weight excluding hydrogens is 1130 g/mol. The molecule has 3 N–H and O–H groups in total. The molecule has 0 spiro atoms. The van der Waals surface area contributed by atoms with Gasteiger partial charge in [0.1, 0.15) is 52.8 Å². The van der Waals surface area contributed by atoms with Crippen LogP contribution >= 0.6 is 0 Å². The van der Waals surface area contributed by atoms with Gasteiger partial charge in [-0.2, -0.15) is 39.5 Å². The molecule has 15 nitrogen and oxygen atoms in total. The molecule has 84 heavy (non-hydrogen) atoms. The van der Waals surface area contributed by atoms with Crippen molar-refractivity contribution in [3.8, 4) is 34.5 Å². The lowest BCUT2D eigenvalue weighted by atomic mass is 10.2. The summed E-state index contributed by atoms with van der Waals surface area (Å²) in [7, 11) is 0. The molecule has 0 radical (unpaired) electrons. The number of likely N-dealkylation sites (tertiary alicyclic amines) is 3. The van der Waals surface area contributed by atoms with Crippen LogP contribution in [-0.4, -0.2) is 125 Å². The number of nitrogens with zero attached hydrogens (tertiary/aromatic N) is 3. The van der Waals surface area contributed by atoms with Crippen molar-refractivity contribution >= 4 is 17.7 Å². The SMILES string of the molecule is O=C(COc1ccc(CO)cc1)N1CCC(Oc2ccccc2C(F)(F)F)C1.O=C(COc1ccc(CO)cc1)N1CC[C@@H](Oc2ccccc2C(F)(F)F)C1.O=C(COc1ccc(CO)cc1)N1CC[C@H](Oc2ccccc2C(F)(F)F)C1. The Morgan fingerprint density at radius 3 is 0.845 bits per heavy atom. The number of benzene rings is 6. The van der Waals surface area contributed by atoms with Crippen molar-refractivity contribution in [2.75, 3.05) is 59.1 Å². The Balaban J connectivity index is 0.000000181. The van der Waals surface area contributed by atoms with E-state index in [-0.39, 0.29) is 94.2 Å². The zero-order valence-corrected chi connectivity index (χ0v) is 45.0. The summed E-state index contributed by atoms with van der Waals surface area (Å²) in [6.45, 7) is 1.04. The molecule has 3 atom stereocenters. The van der Waals surface area contributed by atoms with Crippen molar-refractivity contribution in [2.24, 2.45) is 0 Å². The second-order valence-electron chi connectivity index (χ2n) is 19.4. The summed E-state index contributed by atoms with van der Waals surface area (Å²) in [5.74, 6) is 0.0212. The number of para-hydroxylation sites is 3. The zero-order valence-electron chi connectivity index (χ0n) is 45.0. The van der Waals surface area contributed by atoms with Gasteiger partial charge in [-0.25, -0.2) is 0 Å². The fourth-order valence-electron chi connectivity index (χ4n) is 8.88. The predicted molar refractivity (Wildman–Crippen MR) is 285 cm³/mol. The van der Waals surface area contributed by atoms with E-state index in [1.807, 2.05) is 0 Å². The normalized spacial score (nSPS) is 16.9. The van der Waals surface area contributed by atoms with E-state index in [1.54, 1.807) is 72.8 Å². The molecule has 0 aliphatic carbocycles. The predicted octanol–water partition coefficient (Wildman–Crippen LogP) is 9.77. The van der Waals surface area contributed by atoms with Crippen molar-refractivity contribution in [3.63, 3.8) is 0 Å². The summed E-state index contributed by atoms with van der Waals surface area (Å²) in [6, 6.07) is 35.2. The van der Waals surface area contributed by atoms with Crippen molar-refractivity contribution in [2.45, 2.75) is 75.9 Å². The molecule has 0 bridgehead atoms. The average Bonchev–Trinajstić information content (AvgIpc) is 4.12. The fourth-order valence-corrected chi connectivity index (χ4v) is 8.88. The highest BCUT2D eigenvalue weighted by Gasteiger charge is 2.39. The quantitative estimate of drug-likeness (QED) is 0.0696. The van der Waals surface area contributed by atoms with E-state index in [0.717, 1.165) is 34.9 Å². The third-order valence-electron chi connectivity index (χ3n) is 13.4. The molecule has 3 aliphatic heterocycles. The molecule has 1 unspecified atom stereocenters. The van der Waals surface area contributed by atoms with E-state index in [1.165, 1.54) is 69.3 Å². The Labute approximate surface area is 477 Å². The molecule has 3 fully saturated rings. The van der Waals surface area contributed by atoms with Gasteiger partial charge in [0.05, 0.1) is 56.1 Å². The van der Waals surface area contributed by atoms with Crippen LogP contribution in [0, 0.1) is 0 Å². The smallest absolute Gasteiger partial charge is 0.419 e. The average molecular weight is 1190 g/mol. The zero-order chi connectivity index (χ0) is 60.4. The summed E-state index contributed by atoms with van der Waals surface area (Å²) in [5.41, 5.74) is -0.273. The number of ether oxygens (including phenoxy) is 6. The van der Waals surface area contributed by atoms with Crippen molar-refractivity contribution in [1.82, 2.24) is 14.7 Å². The van der Waals surface area contributed by atoms with Crippen LogP contribution in [-0.2, 0) is 52.7 Å². The lowest BCUT2D eigenvalue weighted by molar-refractivity contribution is -0.140. The van der Waals surface area contributed by atoms with Crippen molar-refractivity contribution < 1.29 is 97.6 Å². The highest BCUT2D eigenvalue weighted by atomic mass is 19.4. The maximum atomic E-state index is 13.1. The lowest BCUT2D eigenvalue weighted by Crippen LogP contribution is -2.34. The largest absolute Gasteiger partial charge is 0.488 e. The summed E-state index contributed by atoms with van der Waals surface area (Å²) >= 11 is 0. The number of alkyl halides is 9. The van der Waals surface area contributed by atoms with Crippen LogP contribution in [0.25, 0.3) is 0 Å². The maximum Gasteiger partial charge on any atom is 0.419 e. The minimum absolute atomic E-state index is 0.0775. The van der Waals surface area contributed by atoms with Crippen LogP contribution in [0.3, 0.4) is 0 Å². The van der Waals surface area contributed by atoms with Crippen LogP contribution in [0.2, 0.25) is 0 Å². The Kier molecular flexibility index (Phi) is 22.1. The van der Waals surface area contributed by atoms with Gasteiger partial charge in [0, 0.05) is 38.9 Å². The van der Waals surface area contributed by atoms with Crippen molar-refractivity contribution in [3.05, 3.63) is 179 Å². The third kappa shape index (κ3) is 18.6. The number of carbonyl (C=O) groups excluding carboxylic acids is 3. The molecule has 9 rings (SSSR count). The first-order valence-corrected chi connectivity index (χ1v) is 26.4. The summed E-state index contributed by atoms with van der Waals surface area (Å²) in [6.07, 6.45) is -13.7. The molecule has 3 amide bonds. The Morgan fingerprint density at radius 1 is 0.381 bits per heavy atom. The number of hydrogen-bond acceptors (Lipinski definition) is 12. The monoisotopic (exact) mass is 1190 g/mol. The maximum absolute atomic E-state index is 13.1. The Morgan fingerprint density at radius 2 is 0.619 bits per heavy atom. The number of hydrogen-bond donors (Lipinski definition) is 3. The number of rotatable bonds is 18. The van der Waals surface area contributed by atoms with Crippen LogP contribution < -0.4 is 28.4 Å². The van der Waals surface area contributed by atoms with Crippen LogP contribution in [0.15, 0.2) is 146 Å². The molecule has 3 saturated heterocycles. The lowest BCUT2D eigenvalue weighted by Gasteiger charge is -2.19. The highest BCUT2D eigenvalue weighted by Crippen LogP contribution is 2.39. The summed E-state index contributed by atoms with van der Waals surface area (Å²) in [4.78, 5) is 41.4. The number of halogens is 9. The van der Waals surface area contributed by atoms with Gasteiger partial charge < -0.3 is 58.4 Å². The van der Waals surface area contributed by atoms with E-state index < -0.39 is 53.5 Å². The van der Waals surface area contributed by atoms with Gasteiger partial charge in [-0.15, -0.1) is 0 Å². The van der Waals surface area contributed by atoms with Gasteiger partial charge in [0.2, 0.25) is 0 Å². The number of aliphatic hydroxyl groups excluding tert-OH is 3. The second kappa shape index (κ2) is 29.3. The van der Waals surface area contributed by atoms with E-state index in [0.29, 0.717) is 56.1 Å². The van der Waals surface area contributed by atoms with Gasteiger partial charge in [-0.1, -0.05) is 72.8 Å². The fraction of sp³-hybridized carbons (Fsp3) is 0.350. The van der Waals surface area contributed by atoms with Gasteiger partial charge in [-0.05, 0) is 89.5 Å². The Hall–Kier alpha value is -8.22. The van der Waals surface area contributed by atoms with Crippen LogP contribution in [0.4, 0.5) is 39.5 Å². The van der Waals surface area contributed by atoms with E-state index in [9.17, 15) is 53.9 Å².